The van der Waals surface area contributed by atoms with Gasteiger partial charge < -0.3 is 20.3 Å². The van der Waals surface area contributed by atoms with Crippen LogP contribution in [0, 0.1) is 11.3 Å². The van der Waals surface area contributed by atoms with E-state index < -0.39 is 0 Å². The highest BCUT2D eigenvalue weighted by Crippen LogP contribution is 2.52. The van der Waals surface area contributed by atoms with Gasteiger partial charge in [0.15, 0.2) is 5.96 Å². The zero-order chi connectivity index (χ0) is 19.0. The maximum absolute atomic E-state index is 11.9. The molecular weight excluding hydrogens is 340 g/mol. The molecule has 2 saturated heterocycles. The van der Waals surface area contributed by atoms with Crippen LogP contribution in [-0.2, 0) is 16.1 Å². The fourth-order valence-corrected chi connectivity index (χ4v) is 4.86. The second-order valence-electron chi connectivity index (χ2n) is 8.43. The summed E-state index contributed by atoms with van der Waals surface area (Å²) >= 11 is 0. The number of carbonyl (C=O) groups is 1. The second-order valence-corrected chi connectivity index (χ2v) is 8.43. The minimum atomic E-state index is 0.128. The Bertz CT molecular complexity index is 728. The lowest BCUT2D eigenvalue weighted by atomic mass is 9.57. The van der Waals surface area contributed by atoms with Crippen LogP contribution in [0.15, 0.2) is 29.3 Å². The van der Waals surface area contributed by atoms with Gasteiger partial charge in [-0.1, -0.05) is 26.0 Å². The smallest absolute Gasteiger partial charge is 0.227 e. The van der Waals surface area contributed by atoms with Crippen molar-refractivity contribution in [2.45, 2.75) is 51.8 Å². The highest BCUT2D eigenvalue weighted by molar-refractivity contribution is 5.95. The molecule has 2 aliphatic heterocycles. The van der Waals surface area contributed by atoms with Crippen LogP contribution < -0.4 is 15.5 Å². The van der Waals surface area contributed by atoms with E-state index in [4.69, 9.17) is 4.74 Å². The summed E-state index contributed by atoms with van der Waals surface area (Å²) in [6.07, 6.45) is 3.11. The molecule has 0 bridgehead atoms. The van der Waals surface area contributed by atoms with E-state index in [2.05, 4.69) is 41.6 Å². The minimum absolute atomic E-state index is 0.128. The number of nitrogens with zero attached hydrogens (tertiary/aromatic N) is 2. The van der Waals surface area contributed by atoms with Crippen LogP contribution in [0.2, 0.25) is 0 Å². The molecule has 0 spiro atoms. The number of benzene rings is 1. The lowest BCUT2D eigenvalue weighted by Crippen LogP contribution is -2.67. The molecule has 146 valence electrons. The Morgan fingerprint density at radius 3 is 2.78 bits per heavy atom. The number of hydrogen-bond acceptors (Lipinski definition) is 3. The summed E-state index contributed by atoms with van der Waals surface area (Å²) in [6.45, 7) is 6.93. The van der Waals surface area contributed by atoms with Gasteiger partial charge in [-0.15, -0.1) is 0 Å². The molecule has 6 nitrogen and oxygen atoms in total. The Morgan fingerprint density at radius 2 is 2.11 bits per heavy atom. The second kappa shape index (κ2) is 7.15. The third-order valence-corrected chi connectivity index (χ3v) is 6.40. The summed E-state index contributed by atoms with van der Waals surface area (Å²) in [6, 6.07) is 8.61. The van der Waals surface area contributed by atoms with Gasteiger partial charge in [0.25, 0.3) is 0 Å². The molecule has 2 N–H and O–H groups in total. The first-order valence-corrected chi connectivity index (χ1v) is 9.99. The van der Waals surface area contributed by atoms with Gasteiger partial charge in [0.1, 0.15) is 0 Å². The number of aliphatic imine (C=N–C) groups is 1. The van der Waals surface area contributed by atoms with Crippen molar-refractivity contribution in [1.29, 1.82) is 0 Å². The van der Waals surface area contributed by atoms with E-state index in [9.17, 15) is 4.79 Å². The normalized spacial score (nSPS) is 29.4. The number of rotatable bonds is 4. The van der Waals surface area contributed by atoms with Crippen molar-refractivity contribution in [2.24, 2.45) is 16.3 Å². The molecule has 1 saturated carbocycles. The van der Waals surface area contributed by atoms with Gasteiger partial charge in [-0.2, -0.15) is 0 Å². The molecule has 0 aromatic heterocycles. The zero-order valence-corrected chi connectivity index (χ0v) is 16.5. The first-order chi connectivity index (χ1) is 13.0. The number of carbonyl (C=O) groups excluding carboxylic acids is 1. The molecule has 3 fully saturated rings. The molecule has 1 aromatic carbocycles. The molecule has 3 unspecified atom stereocenters. The largest absolute Gasteiger partial charge is 0.377 e. The summed E-state index contributed by atoms with van der Waals surface area (Å²) in [5, 5.41) is 7.02. The number of ether oxygens (including phenoxy) is 1. The SMILES string of the molecule is CN=C(NCc1ccc(N2CCCC2=O)cc1)NC1C2CCOC2C1(C)C. The molecule has 1 amide bonds. The number of nitrogens with one attached hydrogen (secondary N) is 2. The van der Waals surface area contributed by atoms with Gasteiger partial charge in [0, 0.05) is 56.2 Å². The van der Waals surface area contributed by atoms with E-state index >= 15 is 0 Å². The molecule has 0 radical (unpaired) electrons. The highest BCUT2D eigenvalue weighted by Gasteiger charge is 2.59. The van der Waals surface area contributed by atoms with Crippen LogP contribution in [-0.4, -0.2) is 44.2 Å². The average molecular weight is 370 g/mol. The van der Waals surface area contributed by atoms with Crippen LogP contribution >= 0.6 is 0 Å². The fraction of sp³-hybridized carbons (Fsp3) is 0.619. The number of hydrogen-bond donors (Lipinski definition) is 2. The summed E-state index contributed by atoms with van der Waals surface area (Å²) in [4.78, 5) is 18.1. The van der Waals surface area contributed by atoms with E-state index in [1.54, 1.807) is 0 Å². The van der Waals surface area contributed by atoms with Crippen molar-refractivity contribution in [1.82, 2.24) is 10.6 Å². The Hall–Kier alpha value is -2.08. The van der Waals surface area contributed by atoms with Crippen LogP contribution in [0.1, 0.15) is 38.7 Å². The van der Waals surface area contributed by atoms with E-state index in [0.29, 0.717) is 31.0 Å². The summed E-state index contributed by atoms with van der Waals surface area (Å²) < 4.78 is 5.87. The zero-order valence-electron chi connectivity index (χ0n) is 16.5. The van der Waals surface area contributed by atoms with Crippen molar-refractivity contribution in [2.75, 3.05) is 25.1 Å². The van der Waals surface area contributed by atoms with Gasteiger partial charge in [0.2, 0.25) is 5.91 Å². The van der Waals surface area contributed by atoms with E-state index in [0.717, 1.165) is 37.6 Å². The van der Waals surface area contributed by atoms with Gasteiger partial charge in [-0.05, 0) is 30.5 Å². The van der Waals surface area contributed by atoms with Crippen LogP contribution in [0.4, 0.5) is 5.69 Å². The molecule has 1 aliphatic carbocycles. The molecule has 2 heterocycles. The van der Waals surface area contributed by atoms with E-state index in [-0.39, 0.29) is 11.3 Å². The molecule has 27 heavy (non-hydrogen) atoms. The lowest BCUT2D eigenvalue weighted by molar-refractivity contribution is -0.117. The first-order valence-electron chi connectivity index (χ1n) is 9.99. The molecular formula is C21H30N4O2. The number of guanidine groups is 1. The third kappa shape index (κ3) is 3.31. The predicted molar refractivity (Wildman–Crippen MR) is 107 cm³/mol. The molecule has 4 rings (SSSR count). The molecule has 3 atom stereocenters. The van der Waals surface area contributed by atoms with Gasteiger partial charge in [-0.25, -0.2) is 0 Å². The standard InChI is InChI=1S/C21H30N4O2/c1-21(2)18(16-10-12-27-19(16)21)24-20(22-3)23-13-14-6-8-15(9-7-14)25-11-4-5-17(25)26/h6-9,16,18-19H,4-5,10-13H2,1-3H3,(H2,22,23,24). The van der Waals surface area contributed by atoms with Crippen LogP contribution in [0.5, 0.6) is 0 Å². The summed E-state index contributed by atoms with van der Waals surface area (Å²) in [7, 11) is 1.81. The molecule has 1 aromatic rings. The maximum atomic E-state index is 11.9. The van der Waals surface area contributed by atoms with Gasteiger partial charge in [0.05, 0.1) is 6.10 Å². The average Bonchev–Trinajstić information content (AvgIpc) is 3.30. The summed E-state index contributed by atoms with van der Waals surface area (Å²) in [5.74, 6) is 1.64. The van der Waals surface area contributed by atoms with Crippen LogP contribution in [0.3, 0.4) is 0 Å². The molecule has 3 aliphatic rings. The van der Waals surface area contributed by atoms with Crippen molar-refractivity contribution < 1.29 is 9.53 Å². The third-order valence-electron chi connectivity index (χ3n) is 6.40. The Labute approximate surface area is 161 Å². The predicted octanol–water partition coefficient (Wildman–Crippen LogP) is 2.29. The number of fused-ring (bicyclic) bond motifs is 1. The van der Waals surface area contributed by atoms with Crippen molar-refractivity contribution in [3.05, 3.63) is 29.8 Å². The Morgan fingerprint density at radius 1 is 1.33 bits per heavy atom. The summed E-state index contributed by atoms with van der Waals surface area (Å²) in [5.41, 5.74) is 2.29. The topological polar surface area (TPSA) is 66.0 Å². The molecule has 6 heteroatoms. The number of amides is 1. The van der Waals surface area contributed by atoms with Gasteiger partial charge >= 0.3 is 0 Å². The Kier molecular flexibility index (Phi) is 4.84. The van der Waals surface area contributed by atoms with Crippen molar-refractivity contribution >= 4 is 17.6 Å². The van der Waals surface area contributed by atoms with Gasteiger partial charge in [-0.3, -0.25) is 9.79 Å². The number of anilines is 1. The van der Waals surface area contributed by atoms with Crippen molar-refractivity contribution in [3.63, 3.8) is 0 Å². The van der Waals surface area contributed by atoms with Crippen molar-refractivity contribution in [3.8, 4) is 0 Å². The minimum Gasteiger partial charge on any atom is -0.377 e. The van der Waals surface area contributed by atoms with Crippen LogP contribution in [0.25, 0.3) is 0 Å². The fourth-order valence-electron chi connectivity index (χ4n) is 4.86. The van der Waals surface area contributed by atoms with E-state index in [1.807, 2.05) is 24.1 Å². The van der Waals surface area contributed by atoms with E-state index in [1.165, 1.54) is 5.56 Å². The quantitative estimate of drug-likeness (QED) is 0.630. The first kappa shape index (κ1) is 18.3. The lowest BCUT2D eigenvalue weighted by Gasteiger charge is -2.54. The highest BCUT2D eigenvalue weighted by atomic mass is 16.5. The Balaban J connectivity index is 1.33. The monoisotopic (exact) mass is 370 g/mol. The maximum Gasteiger partial charge on any atom is 0.227 e.